The van der Waals surface area contributed by atoms with Gasteiger partial charge in [0.1, 0.15) is 11.3 Å². The fourth-order valence-corrected chi connectivity index (χ4v) is 2.81. The normalized spacial score (nSPS) is 11.6. The number of carbonyl (C=O) groups excluding carboxylic acids is 2. The van der Waals surface area contributed by atoms with Gasteiger partial charge in [-0.15, -0.1) is 0 Å². The molecule has 7 heteroatoms. The SMILES string of the molecule is C[C@H](OC(=O)c1ccccc1OC(F)F)C(=O)Nc1ccccc1-c1ccccc1. The molecule has 0 heterocycles. The van der Waals surface area contributed by atoms with Gasteiger partial charge in [-0.3, -0.25) is 4.79 Å². The van der Waals surface area contributed by atoms with E-state index in [-0.39, 0.29) is 11.3 Å². The lowest BCUT2D eigenvalue weighted by Gasteiger charge is -2.17. The minimum Gasteiger partial charge on any atom is -0.449 e. The van der Waals surface area contributed by atoms with Gasteiger partial charge < -0.3 is 14.8 Å². The molecule has 154 valence electrons. The van der Waals surface area contributed by atoms with E-state index in [1.807, 2.05) is 42.5 Å². The van der Waals surface area contributed by atoms with Crippen LogP contribution >= 0.6 is 0 Å². The second-order valence-corrected chi connectivity index (χ2v) is 6.32. The Kier molecular flexibility index (Phi) is 6.75. The molecule has 0 unspecified atom stereocenters. The molecule has 0 radical (unpaired) electrons. The van der Waals surface area contributed by atoms with Crippen molar-refractivity contribution in [3.05, 3.63) is 84.4 Å². The predicted molar refractivity (Wildman–Crippen MR) is 108 cm³/mol. The highest BCUT2D eigenvalue weighted by Gasteiger charge is 2.23. The Morgan fingerprint density at radius 3 is 2.23 bits per heavy atom. The van der Waals surface area contributed by atoms with Gasteiger partial charge in [0, 0.05) is 11.3 Å². The van der Waals surface area contributed by atoms with E-state index < -0.39 is 24.6 Å². The van der Waals surface area contributed by atoms with Crippen molar-refractivity contribution in [1.82, 2.24) is 0 Å². The summed E-state index contributed by atoms with van der Waals surface area (Å²) >= 11 is 0. The van der Waals surface area contributed by atoms with E-state index in [2.05, 4.69) is 10.1 Å². The molecule has 0 spiro atoms. The van der Waals surface area contributed by atoms with Crippen LogP contribution < -0.4 is 10.1 Å². The molecule has 5 nitrogen and oxygen atoms in total. The van der Waals surface area contributed by atoms with E-state index in [9.17, 15) is 18.4 Å². The standard InChI is InChI=1S/C23H19F2NO4/c1-15(29-22(28)18-12-6-8-14-20(18)30-23(24)25)21(27)26-19-13-7-5-11-17(19)16-9-3-2-4-10-16/h2-15,23H,1H3,(H,26,27)/t15-/m0/s1. The molecule has 3 aromatic rings. The van der Waals surface area contributed by atoms with Gasteiger partial charge in [-0.1, -0.05) is 60.7 Å². The maximum absolute atomic E-state index is 12.6. The Balaban J connectivity index is 1.72. The van der Waals surface area contributed by atoms with E-state index in [4.69, 9.17) is 4.74 Å². The molecule has 30 heavy (non-hydrogen) atoms. The Hall–Kier alpha value is -3.74. The summed E-state index contributed by atoms with van der Waals surface area (Å²) in [6.45, 7) is -1.69. The number of esters is 1. The summed E-state index contributed by atoms with van der Waals surface area (Å²) in [5.41, 5.74) is 2.08. The molecule has 0 aromatic heterocycles. The van der Waals surface area contributed by atoms with Crippen LogP contribution in [0.25, 0.3) is 11.1 Å². The van der Waals surface area contributed by atoms with Crippen molar-refractivity contribution in [3.63, 3.8) is 0 Å². The summed E-state index contributed by atoms with van der Waals surface area (Å²) in [6, 6.07) is 22.1. The second-order valence-electron chi connectivity index (χ2n) is 6.32. The molecule has 1 atom stereocenters. The van der Waals surface area contributed by atoms with Gasteiger partial charge in [-0.2, -0.15) is 8.78 Å². The van der Waals surface area contributed by atoms with E-state index in [1.165, 1.54) is 31.2 Å². The lowest BCUT2D eigenvalue weighted by molar-refractivity contribution is -0.123. The molecular weight excluding hydrogens is 392 g/mol. The number of nitrogens with one attached hydrogen (secondary N) is 1. The van der Waals surface area contributed by atoms with Crippen LogP contribution in [0, 0.1) is 0 Å². The third kappa shape index (κ3) is 5.20. The van der Waals surface area contributed by atoms with Crippen LogP contribution in [0.3, 0.4) is 0 Å². The Morgan fingerprint density at radius 2 is 1.50 bits per heavy atom. The largest absolute Gasteiger partial charge is 0.449 e. The Morgan fingerprint density at radius 1 is 0.867 bits per heavy atom. The van der Waals surface area contributed by atoms with Crippen molar-refractivity contribution < 1.29 is 27.8 Å². The fourth-order valence-electron chi connectivity index (χ4n) is 2.81. The van der Waals surface area contributed by atoms with Crippen LogP contribution in [0.4, 0.5) is 14.5 Å². The molecule has 0 saturated carbocycles. The second kappa shape index (κ2) is 9.65. The molecule has 1 amide bonds. The first-order chi connectivity index (χ1) is 14.5. The Labute approximate surface area is 172 Å². The minimum absolute atomic E-state index is 0.192. The van der Waals surface area contributed by atoms with Gasteiger partial charge in [0.25, 0.3) is 5.91 Å². The highest BCUT2D eigenvalue weighted by molar-refractivity contribution is 6.00. The number of anilines is 1. The van der Waals surface area contributed by atoms with Gasteiger partial charge in [-0.05, 0) is 30.7 Å². The van der Waals surface area contributed by atoms with Gasteiger partial charge >= 0.3 is 12.6 Å². The van der Waals surface area contributed by atoms with Crippen molar-refractivity contribution in [1.29, 1.82) is 0 Å². The first-order valence-electron chi connectivity index (χ1n) is 9.16. The predicted octanol–water partition coefficient (Wildman–Crippen LogP) is 5.14. The third-order valence-electron chi connectivity index (χ3n) is 4.25. The number of alkyl halides is 2. The molecule has 3 aromatic carbocycles. The van der Waals surface area contributed by atoms with Crippen molar-refractivity contribution in [2.45, 2.75) is 19.6 Å². The van der Waals surface area contributed by atoms with Crippen molar-refractivity contribution in [3.8, 4) is 16.9 Å². The van der Waals surface area contributed by atoms with Crippen molar-refractivity contribution in [2.24, 2.45) is 0 Å². The zero-order chi connectivity index (χ0) is 21.5. The molecular formula is C23H19F2NO4. The summed E-state index contributed by atoms with van der Waals surface area (Å²) in [4.78, 5) is 25.0. The smallest absolute Gasteiger partial charge is 0.387 e. The fraction of sp³-hybridized carbons (Fsp3) is 0.130. The van der Waals surface area contributed by atoms with E-state index >= 15 is 0 Å². The number of benzene rings is 3. The van der Waals surface area contributed by atoms with Crippen LogP contribution in [-0.4, -0.2) is 24.6 Å². The summed E-state index contributed by atoms with van der Waals surface area (Å²) in [5, 5.41) is 2.75. The number of para-hydroxylation sites is 2. The molecule has 1 N–H and O–H groups in total. The summed E-state index contributed by atoms with van der Waals surface area (Å²) in [6.07, 6.45) is -1.17. The average Bonchev–Trinajstić information content (AvgIpc) is 2.74. The highest BCUT2D eigenvalue weighted by Crippen LogP contribution is 2.28. The van der Waals surface area contributed by atoms with E-state index in [0.717, 1.165) is 11.1 Å². The minimum atomic E-state index is -3.09. The number of ether oxygens (including phenoxy) is 2. The monoisotopic (exact) mass is 411 g/mol. The maximum Gasteiger partial charge on any atom is 0.387 e. The molecule has 0 fully saturated rings. The number of hydrogen-bond acceptors (Lipinski definition) is 4. The lowest BCUT2D eigenvalue weighted by atomic mass is 10.0. The summed E-state index contributed by atoms with van der Waals surface area (Å²) in [5.74, 6) is -1.82. The number of carbonyl (C=O) groups is 2. The number of rotatable bonds is 7. The van der Waals surface area contributed by atoms with Crippen LogP contribution in [0.15, 0.2) is 78.9 Å². The molecule has 0 aliphatic rings. The van der Waals surface area contributed by atoms with Gasteiger partial charge in [0.05, 0.1) is 0 Å². The number of amides is 1. The van der Waals surface area contributed by atoms with Gasteiger partial charge in [0.2, 0.25) is 0 Å². The first-order valence-corrected chi connectivity index (χ1v) is 9.16. The quantitative estimate of drug-likeness (QED) is 0.547. The number of halogens is 2. The topological polar surface area (TPSA) is 64.6 Å². The van der Waals surface area contributed by atoms with Gasteiger partial charge in [-0.25, -0.2) is 4.79 Å². The van der Waals surface area contributed by atoms with E-state index in [1.54, 1.807) is 12.1 Å². The molecule has 3 rings (SSSR count). The van der Waals surface area contributed by atoms with Crippen LogP contribution in [-0.2, 0) is 9.53 Å². The lowest BCUT2D eigenvalue weighted by Crippen LogP contribution is -2.30. The van der Waals surface area contributed by atoms with Crippen molar-refractivity contribution in [2.75, 3.05) is 5.32 Å². The maximum atomic E-state index is 12.6. The molecule has 0 saturated heterocycles. The summed E-state index contributed by atoms with van der Waals surface area (Å²) < 4.78 is 34.6. The van der Waals surface area contributed by atoms with Gasteiger partial charge in [0.15, 0.2) is 6.10 Å². The van der Waals surface area contributed by atoms with Crippen molar-refractivity contribution >= 4 is 17.6 Å². The zero-order valence-electron chi connectivity index (χ0n) is 16.0. The highest BCUT2D eigenvalue weighted by atomic mass is 19.3. The molecule has 0 aliphatic carbocycles. The van der Waals surface area contributed by atoms with Crippen LogP contribution in [0.2, 0.25) is 0 Å². The average molecular weight is 411 g/mol. The third-order valence-corrected chi connectivity index (χ3v) is 4.25. The molecule has 0 bridgehead atoms. The van der Waals surface area contributed by atoms with Crippen LogP contribution in [0.1, 0.15) is 17.3 Å². The summed E-state index contributed by atoms with van der Waals surface area (Å²) in [7, 11) is 0. The number of hydrogen-bond donors (Lipinski definition) is 1. The Bertz CT molecular complexity index is 1020. The zero-order valence-corrected chi connectivity index (χ0v) is 16.0. The van der Waals surface area contributed by atoms with E-state index in [0.29, 0.717) is 5.69 Å². The van der Waals surface area contributed by atoms with Crippen LogP contribution in [0.5, 0.6) is 5.75 Å². The first kappa shape index (κ1) is 21.0. The molecule has 0 aliphatic heterocycles.